The molecule has 1 amide bonds. The minimum atomic E-state index is -0.852. The number of fused-ring (bicyclic) bond motifs is 1. The van der Waals surface area contributed by atoms with E-state index in [-0.39, 0.29) is 11.4 Å². The van der Waals surface area contributed by atoms with Crippen molar-refractivity contribution in [2.24, 2.45) is 5.73 Å². The zero-order valence-electron chi connectivity index (χ0n) is 7.69. The molecule has 2 aromatic rings. The predicted octanol–water partition coefficient (Wildman–Crippen LogP) is 0.474. The summed E-state index contributed by atoms with van der Waals surface area (Å²) < 4.78 is 5.14. The van der Waals surface area contributed by atoms with E-state index < -0.39 is 11.3 Å². The highest BCUT2D eigenvalue weighted by atomic mass is 16.3. The first-order valence-corrected chi connectivity index (χ1v) is 4.22. The van der Waals surface area contributed by atoms with Gasteiger partial charge in [-0.1, -0.05) is 12.1 Å². The Morgan fingerprint density at radius 3 is 2.60 bits per heavy atom. The fourth-order valence-electron chi connectivity index (χ4n) is 1.34. The molecule has 0 spiro atoms. The van der Waals surface area contributed by atoms with Crippen LogP contribution in [-0.2, 0) is 0 Å². The molecule has 1 heterocycles. The molecule has 2 rings (SSSR count). The lowest BCUT2D eigenvalue weighted by Gasteiger charge is -2.02. The largest absolute Gasteiger partial charge is 0.448 e. The van der Waals surface area contributed by atoms with E-state index in [0.717, 1.165) is 0 Å². The number of benzene rings is 1. The van der Waals surface area contributed by atoms with E-state index in [9.17, 15) is 9.59 Å². The molecule has 5 heteroatoms. The van der Waals surface area contributed by atoms with Gasteiger partial charge in [0.05, 0.1) is 5.39 Å². The van der Waals surface area contributed by atoms with E-state index in [4.69, 9.17) is 15.9 Å². The second-order valence-electron chi connectivity index (χ2n) is 3.03. The van der Waals surface area contributed by atoms with Gasteiger partial charge in [-0.15, -0.1) is 0 Å². The highest BCUT2D eigenvalue weighted by Gasteiger charge is 2.14. The number of nitrogens with two attached hydrogens (primary N) is 2. The van der Waals surface area contributed by atoms with E-state index in [1.807, 2.05) is 0 Å². The molecule has 0 fully saturated rings. The summed E-state index contributed by atoms with van der Waals surface area (Å²) in [6.45, 7) is 0. The Labute approximate surface area is 84.3 Å². The number of hydrogen-bond donors (Lipinski definition) is 2. The smallest absolute Gasteiger partial charge is 0.286 e. The predicted molar refractivity (Wildman–Crippen MR) is 55.4 cm³/mol. The fourth-order valence-corrected chi connectivity index (χ4v) is 1.34. The second-order valence-corrected chi connectivity index (χ2v) is 3.03. The average Bonchev–Trinajstić information content (AvgIpc) is 2.23. The molecule has 76 valence electrons. The van der Waals surface area contributed by atoms with E-state index in [0.29, 0.717) is 11.0 Å². The SMILES string of the molecule is NC(=O)c1oc2ccccc2c(=O)c1N. The zero-order chi connectivity index (χ0) is 11.0. The summed E-state index contributed by atoms with van der Waals surface area (Å²) in [5.41, 5.74) is 10.1. The number of primary amides is 1. The molecule has 15 heavy (non-hydrogen) atoms. The van der Waals surface area contributed by atoms with Crippen LogP contribution in [0.3, 0.4) is 0 Å². The number of para-hydroxylation sites is 1. The van der Waals surface area contributed by atoms with E-state index in [2.05, 4.69) is 0 Å². The van der Waals surface area contributed by atoms with Gasteiger partial charge < -0.3 is 15.9 Å². The maximum Gasteiger partial charge on any atom is 0.286 e. The lowest BCUT2D eigenvalue weighted by molar-refractivity contribution is 0.0976. The normalized spacial score (nSPS) is 10.4. The molecule has 0 saturated carbocycles. The third kappa shape index (κ3) is 1.34. The molecule has 4 N–H and O–H groups in total. The highest BCUT2D eigenvalue weighted by Crippen LogP contribution is 2.15. The molecular formula is C10H8N2O3. The maximum absolute atomic E-state index is 11.7. The first-order valence-electron chi connectivity index (χ1n) is 4.22. The number of hydrogen-bond acceptors (Lipinski definition) is 4. The summed E-state index contributed by atoms with van der Waals surface area (Å²) in [7, 11) is 0. The van der Waals surface area contributed by atoms with Gasteiger partial charge in [-0.25, -0.2) is 0 Å². The molecule has 0 unspecified atom stereocenters. The topological polar surface area (TPSA) is 99.3 Å². The van der Waals surface area contributed by atoms with Crippen molar-refractivity contribution < 1.29 is 9.21 Å². The minimum absolute atomic E-state index is 0.249. The van der Waals surface area contributed by atoms with Crippen molar-refractivity contribution in [3.63, 3.8) is 0 Å². The molecular weight excluding hydrogens is 196 g/mol. The van der Waals surface area contributed by atoms with Gasteiger partial charge in [-0.2, -0.15) is 0 Å². The summed E-state index contributed by atoms with van der Waals surface area (Å²) in [6.07, 6.45) is 0. The van der Waals surface area contributed by atoms with Crippen LogP contribution in [0.25, 0.3) is 11.0 Å². The lowest BCUT2D eigenvalue weighted by Crippen LogP contribution is -2.19. The van der Waals surface area contributed by atoms with Crippen molar-refractivity contribution in [3.8, 4) is 0 Å². The number of nitrogen functional groups attached to an aromatic ring is 1. The third-order valence-corrected chi connectivity index (χ3v) is 2.06. The van der Waals surface area contributed by atoms with Crippen LogP contribution in [0.1, 0.15) is 10.6 Å². The molecule has 0 radical (unpaired) electrons. The number of anilines is 1. The highest BCUT2D eigenvalue weighted by molar-refractivity contribution is 5.97. The molecule has 0 aliphatic rings. The van der Waals surface area contributed by atoms with Crippen molar-refractivity contribution >= 4 is 22.6 Å². The second kappa shape index (κ2) is 3.13. The Morgan fingerprint density at radius 2 is 1.93 bits per heavy atom. The Kier molecular flexibility index (Phi) is 1.93. The van der Waals surface area contributed by atoms with Crippen LogP contribution in [0.15, 0.2) is 33.5 Å². The Hall–Kier alpha value is -2.30. The summed E-state index contributed by atoms with van der Waals surface area (Å²) >= 11 is 0. The van der Waals surface area contributed by atoms with Crippen LogP contribution in [0.5, 0.6) is 0 Å². The third-order valence-electron chi connectivity index (χ3n) is 2.06. The van der Waals surface area contributed by atoms with Crippen molar-refractivity contribution in [1.82, 2.24) is 0 Å². The number of carbonyl (C=O) groups is 1. The quantitative estimate of drug-likeness (QED) is 0.705. The van der Waals surface area contributed by atoms with E-state index in [1.54, 1.807) is 24.3 Å². The van der Waals surface area contributed by atoms with Crippen molar-refractivity contribution in [1.29, 1.82) is 0 Å². The molecule has 0 atom stereocenters. The molecule has 0 aliphatic heterocycles. The summed E-state index contributed by atoms with van der Waals surface area (Å²) in [5.74, 6) is -1.14. The van der Waals surface area contributed by atoms with Gasteiger partial charge in [0.1, 0.15) is 11.3 Å². The van der Waals surface area contributed by atoms with Crippen LogP contribution in [0, 0.1) is 0 Å². The van der Waals surface area contributed by atoms with Crippen LogP contribution in [-0.4, -0.2) is 5.91 Å². The van der Waals surface area contributed by atoms with Crippen LogP contribution in [0.4, 0.5) is 5.69 Å². The number of carbonyl (C=O) groups excluding carboxylic acids is 1. The molecule has 1 aromatic heterocycles. The lowest BCUT2D eigenvalue weighted by atomic mass is 10.2. The van der Waals surface area contributed by atoms with Crippen molar-refractivity contribution in [3.05, 3.63) is 40.2 Å². The van der Waals surface area contributed by atoms with Gasteiger partial charge in [0.25, 0.3) is 5.91 Å². The van der Waals surface area contributed by atoms with Gasteiger partial charge in [0, 0.05) is 0 Å². The van der Waals surface area contributed by atoms with Crippen LogP contribution in [0.2, 0.25) is 0 Å². The van der Waals surface area contributed by atoms with Gasteiger partial charge in [0.15, 0.2) is 0 Å². The van der Waals surface area contributed by atoms with Gasteiger partial charge in [-0.05, 0) is 12.1 Å². The summed E-state index contributed by atoms with van der Waals surface area (Å²) in [4.78, 5) is 22.6. The molecule has 1 aromatic carbocycles. The molecule has 0 saturated heterocycles. The van der Waals surface area contributed by atoms with Gasteiger partial charge in [-0.3, -0.25) is 9.59 Å². The van der Waals surface area contributed by atoms with Crippen LogP contribution >= 0.6 is 0 Å². The van der Waals surface area contributed by atoms with Gasteiger partial charge in [0.2, 0.25) is 11.2 Å². The first kappa shape index (κ1) is 9.26. The van der Waals surface area contributed by atoms with E-state index >= 15 is 0 Å². The maximum atomic E-state index is 11.7. The minimum Gasteiger partial charge on any atom is -0.448 e. The first-order chi connectivity index (χ1) is 7.11. The van der Waals surface area contributed by atoms with Crippen molar-refractivity contribution in [2.75, 3.05) is 5.73 Å². The summed E-state index contributed by atoms with van der Waals surface area (Å²) in [6, 6.07) is 6.51. The number of rotatable bonds is 1. The van der Waals surface area contributed by atoms with Gasteiger partial charge >= 0.3 is 0 Å². The monoisotopic (exact) mass is 204 g/mol. The number of amides is 1. The Balaban J connectivity index is 2.95. The Morgan fingerprint density at radius 1 is 1.27 bits per heavy atom. The van der Waals surface area contributed by atoms with Crippen molar-refractivity contribution in [2.45, 2.75) is 0 Å². The molecule has 0 aliphatic carbocycles. The molecule has 5 nitrogen and oxygen atoms in total. The molecule has 0 bridgehead atoms. The zero-order valence-corrected chi connectivity index (χ0v) is 7.69. The Bertz CT molecular complexity index is 601. The van der Waals surface area contributed by atoms with E-state index in [1.165, 1.54) is 0 Å². The fraction of sp³-hybridized carbons (Fsp3) is 0. The van der Waals surface area contributed by atoms with Crippen LogP contribution < -0.4 is 16.9 Å². The average molecular weight is 204 g/mol. The summed E-state index contributed by atoms with van der Waals surface area (Å²) in [5, 5.41) is 0.333. The standard InChI is InChI=1S/C10H8N2O3/c11-7-8(13)5-3-1-2-4-6(5)15-9(7)10(12)14/h1-4H,11H2,(H2,12,14).